The zero-order valence-corrected chi connectivity index (χ0v) is 12.6. The SMILES string of the molecule is CC(C)(C)CC(CNC(=O)C#Cc1ccccc1)C(=O)O. The standard InChI is InChI=1S/C17H21NO3/c1-17(2,3)11-14(16(20)21)12-18-15(19)10-9-13-7-5-4-6-8-13/h4-8,14H,11-12H2,1-3H3,(H,18,19)(H,20,21). The minimum absolute atomic E-state index is 0.0922. The van der Waals surface area contributed by atoms with Gasteiger partial charge in [0.2, 0.25) is 0 Å². The highest BCUT2D eigenvalue weighted by molar-refractivity contribution is 5.94. The van der Waals surface area contributed by atoms with Gasteiger partial charge in [0, 0.05) is 18.0 Å². The van der Waals surface area contributed by atoms with E-state index in [1.165, 1.54) is 0 Å². The molecule has 112 valence electrons. The fourth-order valence-electron chi connectivity index (χ4n) is 1.90. The van der Waals surface area contributed by atoms with Crippen LogP contribution >= 0.6 is 0 Å². The molecule has 0 spiro atoms. The van der Waals surface area contributed by atoms with Gasteiger partial charge in [0.15, 0.2) is 0 Å². The highest BCUT2D eigenvalue weighted by Crippen LogP contribution is 2.24. The number of carboxylic acid groups (broad SMARTS) is 1. The smallest absolute Gasteiger partial charge is 0.308 e. The van der Waals surface area contributed by atoms with Gasteiger partial charge in [-0.1, -0.05) is 44.9 Å². The molecule has 0 saturated heterocycles. The molecule has 1 rings (SSSR count). The number of hydrogen-bond acceptors (Lipinski definition) is 2. The van der Waals surface area contributed by atoms with Gasteiger partial charge in [0.25, 0.3) is 5.91 Å². The Morgan fingerprint density at radius 3 is 2.38 bits per heavy atom. The average Bonchev–Trinajstić information content (AvgIpc) is 2.41. The number of carboxylic acids is 1. The number of nitrogens with one attached hydrogen (secondary N) is 1. The summed E-state index contributed by atoms with van der Waals surface area (Å²) < 4.78 is 0. The Kier molecular flexibility index (Phi) is 5.98. The molecule has 1 aromatic rings. The van der Waals surface area contributed by atoms with Crippen LogP contribution in [0.3, 0.4) is 0 Å². The molecular formula is C17H21NO3. The molecule has 2 N–H and O–H groups in total. The number of hydrogen-bond donors (Lipinski definition) is 2. The third kappa shape index (κ3) is 7.17. The summed E-state index contributed by atoms with van der Waals surface area (Å²) in [5, 5.41) is 11.7. The molecule has 0 aliphatic carbocycles. The van der Waals surface area contributed by atoms with Gasteiger partial charge < -0.3 is 10.4 Å². The summed E-state index contributed by atoms with van der Waals surface area (Å²) in [6.45, 7) is 6.01. The monoisotopic (exact) mass is 287 g/mol. The van der Waals surface area contributed by atoms with Gasteiger partial charge in [0.1, 0.15) is 0 Å². The largest absolute Gasteiger partial charge is 0.481 e. The zero-order valence-electron chi connectivity index (χ0n) is 12.6. The molecule has 0 saturated carbocycles. The van der Waals surface area contributed by atoms with Crippen molar-refractivity contribution in [1.82, 2.24) is 5.32 Å². The molecule has 0 bridgehead atoms. The molecule has 1 unspecified atom stereocenters. The first-order chi connectivity index (χ1) is 9.78. The van der Waals surface area contributed by atoms with Crippen molar-refractivity contribution in [2.75, 3.05) is 6.54 Å². The van der Waals surface area contributed by atoms with Crippen LogP contribution in [0, 0.1) is 23.2 Å². The fourth-order valence-corrected chi connectivity index (χ4v) is 1.90. The van der Waals surface area contributed by atoms with Crippen LogP contribution in [0.5, 0.6) is 0 Å². The van der Waals surface area contributed by atoms with E-state index >= 15 is 0 Å². The van der Waals surface area contributed by atoms with E-state index in [1.807, 2.05) is 39.0 Å². The predicted octanol–water partition coefficient (Wildman–Crippen LogP) is 2.29. The summed E-state index contributed by atoms with van der Waals surface area (Å²) in [5.74, 6) is 3.23. The Labute approximate surface area is 125 Å². The first kappa shape index (κ1) is 16.8. The van der Waals surface area contributed by atoms with Crippen molar-refractivity contribution in [3.63, 3.8) is 0 Å². The second kappa shape index (κ2) is 7.49. The van der Waals surface area contributed by atoms with Crippen molar-refractivity contribution in [1.29, 1.82) is 0 Å². The number of carbonyl (C=O) groups excluding carboxylic acids is 1. The molecule has 0 fully saturated rings. The van der Waals surface area contributed by atoms with E-state index in [0.29, 0.717) is 6.42 Å². The lowest BCUT2D eigenvalue weighted by molar-refractivity contribution is -0.142. The maximum Gasteiger partial charge on any atom is 0.308 e. The second-order valence-electron chi connectivity index (χ2n) is 6.13. The van der Waals surface area contributed by atoms with Gasteiger partial charge in [-0.15, -0.1) is 0 Å². The summed E-state index contributed by atoms with van der Waals surface area (Å²) >= 11 is 0. The van der Waals surface area contributed by atoms with Crippen LogP contribution < -0.4 is 5.32 Å². The number of aliphatic carboxylic acids is 1. The van der Waals surface area contributed by atoms with Gasteiger partial charge in [-0.25, -0.2) is 0 Å². The molecule has 4 heteroatoms. The molecule has 0 heterocycles. The van der Waals surface area contributed by atoms with Crippen molar-refractivity contribution in [3.8, 4) is 11.8 Å². The Bertz CT molecular complexity index is 547. The van der Waals surface area contributed by atoms with E-state index in [1.54, 1.807) is 12.1 Å². The Morgan fingerprint density at radius 2 is 1.86 bits per heavy atom. The maximum absolute atomic E-state index is 11.6. The molecule has 0 radical (unpaired) electrons. The second-order valence-corrected chi connectivity index (χ2v) is 6.13. The van der Waals surface area contributed by atoms with Crippen molar-refractivity contribution in [2.45, 2.75) is 27.2 Å². The van der Waals surface area contributed by atoms with Gasteiger partial charge in [-0.3, -0.25) is 9.59 Å². The number of carbonyl (C=O) groups is 2. The summed E-state index contributed by atoms with van der Waals surface area (Å²) in [4.78, 5) is 22.8. The molecule has 4 nitrogen and oxygen atoms in total. The van der Waals surface area contributed by atoms with E-state index in [2.05, 4.69) is 17.2 Å². The molecular weight excluding hydrogens is 266 g/mol. The minimum atomic E-state index is -0.902. The normalized spacial score (nSPS) is 12.0. The average molecular weight is 287 g/mol. The fraction of sp³-hybridized carbons (Fsp3) is 0.412. The van der Waals surface area contributed by atoms with E-state index < -0.39 is 17.8 Å². The Hall–Kier alpha value is -2.28. The van der Waals surface area contributed by atoms with Gasteiger partial charge in [-0.05, 0) is 24.0 Å². The molecule has 1 atom stereocenters. The molecule has 1 amide bonds. The first-order valence-corrected chi connectivity index (χ1v) is 6.85. The van der Waals surface area contributed by atoms with Crippen LogP contribution in [0.1, 0.15) is 32.8 Å². The van der Waals surface area contributed by atoms with Crippen LogP contribution in [-0.4, -0.2) is 23.5 Å². The van der Waals surface area contributed by atoms with Crippen LogP contribution in [0.2, 0.25) is 0 Å². The summed E-state index contributed by atoms with van der Waals surface area (Å²) in [6, 6.07) is 9.16. The summed E-state index contributed by atoms with van der Waals surface area (Å²) in [5.41, 5.74) is 0.640. The predicted molar refractivity (Wildman–Crippen MR) is 81.5 cm³/mol. The number of benzene rings is 1. The lowest BCUT2D eigenvalue weighted by Crippen LogP contribution is -2.34. The van der Waals surface area contributed by atoms with E-state index in [-0.39, 0.29) is 12.0 Å². The highest BCUT2D eigenvalue weighted by atomic mass is 16.4. The van der Waals surface area contributed by atoms with Gasteiger partial charge in [-0.2, -0.15) is 0 Å². The quantitative estimate of drug-likeness (QED) is 0.835. The van der Waals surface area contributed by atoms with Gasteiger partial charge in [0.05, 0.1) is 5.92 Å². The first-order valence-electron chi connectivity index (χ1n) is 6.85. The number of rotatable bonds is 4. The lowest BCUT2D eigenvalue weighted by Gasteiger charge is -2.23. The Balaban J connectivity index is 2.55. The number of amides is 1. The molecule has 0 aliphatic rings. The summed E-state index contributed by atoms with van der Waals surface area (Å²) in [7, 11) is 0. The van der Waals surface area contributed by atoms with Crippen molar-refractivity contribution in [2.24, 2.45) is 11.3 Å². The zero-order chi connectivity index (χ0) is 15.9. The molecule has 0 aromatic heterocycles. The molecule has 1 aromatic carbocycles. The molecule has 21 heavy (non-hydrogen) atoms. The van der Waals surface area contributed by atoms with Crippen molar-refractivity contribution < 1.29 is 14.7 Å². The third-order valence-electron chi connectivity index (χ3n) is 2.81. The highest BCUT2D eigenvalue weighted by Gasteiger charge is 2.24. The van der Waals surface area contributed by atoms with Crippen molar-refractivity contribution in [3.05, 3.63) is 35.9 Å². The van der Waals surface area contributed by atoms with E-state index in [4.69, 9.17) is 0 Å². The lowest BCUT2D eigenvalue weighted by atomic mass is 9.84. The van der Waals surface area contributed by atoms with E-state index in [9.17, 15) is 14.7 Å². The molecule has 0 aliphatic heterocycles. The maximum atomic E-state index is 11.6. The van der Waals surface area contributed by atoms with Crippen molar-refractivity contribution >= 4 is 11.9 Å². The minimum Gasteiger partial charge on any atom is -0.481 e. The van der Waals surface area contributed by atoms with Crippen LogP contribution in [0.25, 0.3) is 0 Å². The van der Waals surface area contributed by atoms with E-state index in [0.717, 1.165) is 5.56 Å². The van der Waals surface area contributed by atoms with Crippen LogP contribution in [0.4, 0.5) is 0 Å². The van der Waals surface area contributed by atoms with Crippen LogP contribution in [0.15, 0.2) is 30.3 Å². The topological polar surface area (TPSA) is 66.4 Å². The Morgan fingerprint density at radius 1 is 1.24 bits per heavy atom. The third-order valence-corrected chi connectivity index (χ3v) is 2.81. The van der Waals surface area contributed by atoms with Gasteiger partial charge >= 0.3 is 5.97 Å². The summed E-state index contributed by atoms with van der Waals surface area (Å²) in [6.07, 6.45) is 0.495. The van der Waals surface area contributed by atoms with Crippen LogP contribution in [-0.2, 0) is 9.59 Å².